The Labute approximate surface area is 151 Å². The molecule has 0 unspecified atom stereocenters. The first kappa shape index (κ1) is 15.9. The summed E-state index contributed by atoms with van der Waals surface area (Å²) in [6.07, 6.45) is 3.63. The van der Waals surface area contributed by atoms with Crippen LogP contribution in [0.15, 0.2) is 84.7 Å². The molecule has 128 valence electrons. The first-order valence-electron chi connectivity index (χ1n) is 8.33. The Hall–Kier alpha value is -3.60. The summed E-state index contributed by atoms with van der Waals surface area (Å²) < 4.78 is 1.96. The van der Waals surface area contributed by atoms with E-state index in [1.165, 1.54) is 4.90 Å². The number of carbonyl (C=O) groups excluding carboxylic acids is 2. The molecule has 1 saturated heterocycles. The fraction of sp³-hybridized carbons (Fsp3) is 0.0476. The maximum atomic E-state index is 12.7. The predicted octanol–water partition coefficient (Wildman–Crippen LogP) is 3.57. The molecule has 0 bridgehead atoms. The van der Waals surface area contributed by atoms with Gasteiger partial charge in [0.15, 0.2) is 0 Å². The van der Waals surface area contributed by atoms with Gasteiger partial charge in [0.1, 0.15) is 5.70 Å². The van der Waals surface area contributed by atoms with Gasteiger partial charge in [-0.1, -0.05) is 48.5 Å². The van der Waals surface area contributed by atoms with Gasteiger partial charge >= 0.3 is 6.03 Å². The molecule has 5 nitrogen and oxygen atoms in total. The van der Waals surface area contributed by atoms with E-state index in [0.29, 0.717) is 0 Å². The lowest BCUT2D eigenvalue weighted by atomic mass is 10.2. The Balaban J connectivity index is 1.61. The van der Waals surface area contributed by atoms with Crippen molar-refractivity contribution in [3.05, 3.63) is 95.9 Å². The SMILES string of the molecule is O=C1N/C(=C/c2cccn2-c2ccccc2)C(=O)N1Cc1ccccc1. The van der Waals surface area contributed by atoms with Crippen LogP contribution in [0.3, 0.4) is 0 Å². The number of hydrogen-bond acceptors (Lipinski definition) is 2. The molecule has 5 heteroatoms. The lowest BCUT2D eigenvalue weighted by Gasteiger charge is -2.11. The van der Waals surface area contributed by atoms with Crippen molar-refractivity contribution in [2.45, 2.75) is 6.54 Å². The summed E-state index contributed by atoms with van der Waals surface area (Å²) in [5, 5.41) is 2.68. The summed E-state index contributed by atoms with van der Waals surface area (Å²) in [6, 6.07) is 22.7. The van der Waals surface area contributed by atoms with Crippen LogP contribution in [-0.4, -0.2) is 21.4 Å². The van der Waals surface area contributed by atoms with Crippen molar-refractivity contribution >= 4 is 18.0 Å². The van der Waals surface area contributed by atoms with Crippen molar-refractivity contribution in [1.29, 1.82) is 0 Å². The van der Waals surface area contributed by atoms with E-state index in [4.69, 9.17) is 0 Å². The van der Waals surface area contributed by atoms with Gasteiger partial charge in [0.05, 0.1) is 6.54 Å². The molecular weight excluding hydrogens is 326 g/mol. The van der Waals surface area contributed by atoms with E-state index in [-0.39, 0.29) is 18.1 Å². The van der Waals surface area contributed by atoms with Crippen LogP contribution in [0.25, 0.3) is 11.8 Å². The van der Waals surface area contributed by atoms with Gasteiger partial charge in [0.25, 0.3) is 5.91 Å². The van der Waals surface area contributed by atoms with E-state index >= 15 is 0 Å². The summed E-state index contributed by atoms with van der Waals surface area (Å²) in [6.45, 7) is 0.253. The highest BCUT2D eigenvalue weighted by Crippen LogP contribution is 2.19. The zero-order valence-electron chi connectivity index (χ0n) is 14.0. The second-order valence-electron chi connectivity index (χ2n) is 6.00. The van der Waals surface area contributed by atoms with Crippen molar-refractivity contribution in [3.8, 4) is 5.69 Å². The monoisotopic (exact) mass is 343 g/mol. The van der Waals surface area contributed by atoms with Crippen LogP contribution in [0.2, 0.25) is 0 Å². The zero-order chi connectivity index (χ0) is 17.9. The maximum absolute atomic E-state index is 12.7. The zero-order valence-corrected chi connectivity index (χ0v) is 14.0. The predicted molar refractivity (Wildman–Crippen MR) is 99.3 cm³/mol. The van der Waals surface area contributed by atoms with E-state index in [9.17, 15) is 9.59 Å². The third-order valence-electron chi connectivity index (χ3n) is 4.25. The molecular formula is C21H17N3O2. The minimum Gasteiger partial charge on any atom is -0.317 e. The van der Waals surface area contributed by atoms with E-state index < -0.39 is 6.03 Å². The van der Waals surface area contributed by atoms with Gasteiger partial charge in [-0.2, -0.15) is 0 Å². The Bertz CT molecular complexity index is 975. The quantitative estimate of drug-likeness (QED) is 0.582. The number of urea groups is 1. The van der Waals surface area contributed by atoms with Crippen LogP contribution < -0.4 is 5.32 Å². The minimum absolute atomic E-state index is 0.253. The van der Waals surface area contributed by atoms with E-state index in [0.717, 1.165) is 16.9 Å². The van der Waals surface area contributed by atoms with E-state index in [2.05, 4.69) is 5.32 Å². The van der Waals surface area contributed by atoms with Crippen LogP contribution in [0.1, 0.15) is 11.3 Å². The van der Waals surface area contributed by atoms with Crippen molar-refractivity contribution in [2.75, 3.05) is 0 Å². The Morgan fingerprint density at radius 1 is 0.846 bits per heavy atom. The summed E-state index contributed by atoms with van der Waals surface area (Å²) in [7, 11) is 0. The molecule has 1 aliphatic heterocycles. The third-order valence-corrected chi connectivity index (χ3v) is 4.25. The molecule has 2 heterocycles. The minimum atomic E-state index is -0.400. The van der Waals surface area contributed by atoms with E-state index in [1.54, 1.807) is 6.08 Å². The fourth-order valence-electron chi connectivity index (χ4n) is 2.96. The van der Waals surface area contributed by atoms with Gasteiger partial charge in [-0.05, 0) is 35.9 Å². The smallest absolute Gasteiger partial charge is 0.317 e. The largest absolute Gasteiger partial charge is 0.329 e. The molecule has 3 amide bonds. The molecule has 0 atom stereocenters. The van der Waals surface area contributed by atoms with Crippen LogP contribution in [0, 0.1) is 0 Å². The molecule has 1 aliphatic rings. The number of rotatable bonds is 4. The summed E-state index contributed by atoms with van der Waals surface area (Å²) in [5.41, 5.74) is 3.00. The van der Waals surface area contributed by atoms with Crippen LogP contribution in [0.5, 0.6) is 0 Å². The summed E-state index contributed by atoms with van der Waals surface area (Å²) in [4.78, 5) is 26.1. The van der Waals surface area contributed by atoms with Crippen molar-refractivity contribution in [1.82, 2.24) is 14.8 Å². The highest BCUT2D eigenvalue weighted by molar-refractivity contribution is 6.13. The summed E-state index contributed by atoms with van der Waals surface area (Å²) in [5.74, 6) is -0.320. The van der Waals surface area contributed by atoms with Crippen molar-refractivity contribution in [3.63, 3.8) is 0 Å². The molecule has 1 N–H and O–H groups in total. The Morgan fingerprint density at radius 2 is 1.54 bits per heavy atom. The fourth-order valence-corrected chi connectivity index (χ4v) is 2.96. The van der Waals surface area contributed by atoms with E-state index in [1.807, 2.05) is 83.6 Å². The molecule has 0 saturated carbocycles. The number of nitrogens with one attached hydrogen (secondary N) is 1. The van der Waals surface area contributed by atoms with Crippen molar-refractivity contribution in [2.24, 2.45) is 0 Å². The normalized spacial score (nSPS) is 15.5. The van der Waals surface area contributed by atoms with Crippen LogP contribution in [-0.2, 0) is 11.3 Å². The number of carbonyl (C=O) groups is 2. The number of aromatic nitrogens is 1. The molecule has 0 radical (unpaired) electrons. The average molecular weight is 343 g/mol. The van der Waals surface area contributed by atoms with Crippen molar-refractivity contribution < 1.29 is 9.59 Å². The van der Waals surface area contributed by atoms with Gasteiger partial charge in [-0.25, -0.2) is 4.79 Å². The standard InChI is InChI=1S/C21H17N3O2/c25-20-19(22-21(26)24(20)15-16-8-3-1-4-9-16)14-18-12-7-13-23(18)17-10-5-2-6-11-17/h1-14H,15H2,(H,22,26)/b19-14+. The molecule has 3 aromatic rings. The Morgan fingerprint density at radius 3 is 2.27 bits per heavy atom. The number of para-hydroxylation sites is 1. The third kappa shape index (κ3) is 3.02. The van der Waals surface area contributed by atoms with Gasteiger partial charge in [0, 0.05) is 17.6 Å². The lowest BCUT2D eigenvalue weighted by Crippen LogP contribution is -2.30. The van der Waals surface area contributed by atoms with Gasteiger partial charge in [-0.3, -0.25) is 9.69 Å². The van der Waals surface area contributed by atoms with Crippen LogP contribution >= 0.6 is 0 Å². The first-order chi connectivity index (χ1) is 12.7. The number of benzene rings is 2. The number of imide groups is 1. The second-order valence-corrected chi connectivity index (χ2v) is 6.00. The number of nitrogens with zero attached hydrogens (tertiary/aromatic N) is 2. The maximum Gasteiger partial charge on any atom is 0.329 e. The number of amides is 3. The Kier molecular flexibility index (Phi) is 4.11. The molecule has 26 heavy (non-hydrogen) atoms. The van der Waals surface area contributed by atoms with Gasteiger partial charge < -0.3 is 9.88 Å². The van der Waals surface area contributed by atoms with Crippen LogP contribution in [0.4, 0.5) is 4.79 Å². The second kappa shape index (κ2) is 6.72. The molecule has 4 rings (SSSR count). The first-order valence-corrected chi connectivity index (χ1v) is 8.33. The topological polar surface area (TPSA) is 54.3 Å². The van der Waals surface area contributed by atoms with Gasteiger partial charge in [0.2, 0.25) is 0 Å². The average Bonchev–Trinajstić information content (AvgIpc) is 3.24. The molecule has 1 fully saturated rings. The molecule has 1 aromatic heterocycles. The highest BCUT2D eigenvalue weighted by atomic mass is 16.2. The number of hydrogen-bond donors (Lipinski definition) is 1. The summed E-state index contributed by atoms with van der Waals surface area (Å²) >= 11 is 0. The van der Waals surface area contributed by atoms with Gasteiger partial charge in [-0.15, -0.1) is 0 Å². The molecule has 2 aromatic carbocycles. The molecule has 0 aliphatic carbocycles. The molecule has 0 spiro atoms. The highest BCUT2D eigenvalue weighted by Gasteiger charge is 2.33. The lowest BCUT2D eigenvalue weighted by molar-refractivity contribution is -0.123.